The molecule has 0 fully saturated rings. The minimum atomic E-state index is -6.08. The highest BCUT2D eigenvalue weighted by Crippen LogP contribution is 2.47. The Labute approximate surface area is 175 Å². The molecule has 0 atom stereocenters. The average Bonchev–Trinajstić information content (AvgIpc) is 3.02. The summed E-state index contributed by atoms with van der Waals surface area (Å²) in [6, 6.07) is 5.37. The van der Waals surface area contributed by atoms with Gasteiger partial charge in [-0.15, -0.1) is 11.3 Å². The molecule has 1 aliphatic rings. The maximum Gasteiger partial charge on any atom is 0.439 e. The van der Waals surface area contributed by atoms with Gasteiger partial charge >= 0.3 is 18.0 Å². The highest BCUT2D eigenvalue weighted by atomic mass is 32.1. The maximum atomic E-state index is 13.9. The molecule has 166 valence electrons. The van der Waals surface area contributed by atoms with Crippen molar-refractivity contribution in [1.82, 2.24) is 5.32 Å². The van der Waals surface area contributed by atoms with Gasteiger partial charge in [-0.1, -0.05) is 12.1 Å². The predicted molar refractivity (Wildman–Crippen MR) is 98.0 cm³/mol. The Hall–Kier alpha value is -2.81. The van der Waals surface area contributed by atoms with Crippen LogP contribution in [0.3, 0.4) is 0 Å². The molecular weight excluding hydrogens is 451 g/mol. The average molecular weight is 465 g/mol. The lowest BCUT2D eigenvalue weighted by molar-refractivity contribution is -0.293. The van der Waals surface area contributed by atoms with E-state index in [-0.39, 0.29) is 5.56 Å². The van der Waals surface area contributed by atoms with Gasteiger partial charge in [0.2, 0.25) is 0 Å². The molecule has 2 N–H and O–H groups in total. The van der Waals surface area contributed by atoms with Crippen molar-refractivity contribution in [3.63, 3.8) is 0 Å². The molecule has 0 saturated carbocycles. The number of fused-ring (bicyclic) bond motifs is 1. The molecule has 3 rings (SSSR count). The number of anilines is 1. The molecule has 0 saturated heterocycles. The molecule has 0 radical (unpaired) electrons. The quantitative estimate of drug-likeness (QED) is 0.476. The van der Waals surface area contributed by atoms with Crippen LogP contribution in [-0.4, -0.2) is 23.9 Å². The number of rotatable bonds is 4. The fourth-order valence-electron chi connectivity index (χ4n) is 3.30. The minimum absolute atomic E-state index is 0.322. The number of aryl methyl sites for hydroxylation is 1. The van der Waals surface area contributed by atoms with Gasteiger partial charge in [-0.3, -0.25) is 4.79 Å². The van der Waals surface area contributed by atoms with E-state index in [0.29, 0.717) is 47.5 Å². The normalized spacial score (nSPS) is 14.5. The van der Waals surface area contributed by atoms with E-state index in [1.165, 1.54) is 5.32 Å². The highest BCUT2D eigenvalue weighted by Gasteiger charge is 2.73. The van der Waals surface area contributed by atoms with E-state index in [9.17, 15) is 40.8 Å². The first-order valence-electron chi connectivity index (χ1n) is 8.94. The van der Waals surface area contributed by atoms with Gasteiger partial charge in [-0.05, 0) is 43.4 Å². The minimum Gasteiger partial charge on any atom is -0.338 e. The number of carbonyl (C=O) groups is 1. The first-order chi connectivity index (χ1) is 14.4. The molecule has 0 spiro atoms. The van der Waals surface area contributed by atoms with Gasteiger partial charge in [0.15, 0.2) is 0 Å². The van der Waals surface area contributed by atoms with Gasteiger partial charge in [0.05, 0.1) is 11.1 Å². The molecule has 1 heterocycles. The van der Waals surface area contributed by atoms with E-state index < -0.39 is 40.3 Å². The zero-order valence-corrected chi connectivity index (χ0v) is 16.4. The molecule has 1 aromatic carbocycles. The first kappa shape index (κ1) is 22.9. The molecule has 12 heteroatoms. The van der Waals surface area contributed by atoms with Crippen LogP contribution in [0.15, 0.2) is 24.3 Å². The zero-order chi connectivity index (χ0) is 23.0. The Morgan fingerprint density at radius 2 is 1.65 bits per heavy atom. The summed E-state index contributed by atoms with van der Waals surface area (Å²) in [6.45, 7) is 0. The first-order valence-corrected chi connectivity index (χ1v) is 9.76. The number of halogens is 7. The van der Waals surface area contributed by atoms with E-state index in [1.54, 1.807) is 6.07 Å². The molecule has 1 aliphatic carbocycles. The molecule has 0 unspecified atom stereocenters. The van der Waals surface area contributed by atoms with Crippen molar-refractivity contribution >= 4 is 22.2 Å². The lowest BCUT2D eigenvalue weighted by Gasteiger charge is -2.38. The summed E-state index contributed by atoms with van der Waals surface area (Å²) in [5.74, 6) is -3.21. The predicted octanol–water partition coefficient (Wildman–Crippen LogP) is 5.30. The molecule has 1 amide bonds. The number of amides is 1. The van der Waals surface area contributed by atoms with E-state index in [2.05, 4.69) is 0 Å². The van der Waals surface area contributed by atoms with Gasteiger partial charge in [0.25, 0.3) is 5.91 Å². The number of alkyl halides is 6. The number of carbonyl (C=O) groups excluding carboxylic acids is 1. The van der Waals surface area contributed by atoms with Gasteiger partial charge in [-0.2, -0.15) is 31.6 Å². The second kappa shape index (κ2) is 8.03. The third-order valence-corrected chi connectivity index (χ3v) is 6.06. The summed E-state index contributed by atoms with van der Waals surface area (Å²) in [5.41, 5.74) is -5.86. The van der Waals surface area contributed by atoms with Crippen molar-refractivity contribution < 1.29 is 35.5 Å². The van der Waals surface area contributed by atoms with Crippen molar-refractivity contribution in [1.29, 1.82) is 5.26 Å². The van der Waals surface area contributed by atoms with Crippen LogP contribution in [0.1, 0.15) is 39.2 Å². The molecule has 0 aliphatic heterocycles. The van der Waals surface area contributed by atoms with E-state index >= 15 is 0 Å². The maximum absolute atomic E-state index is 13.9. The van der Waals surface area contributed by atoms with Gasteiger partial charge in [0.1, 0.15) is 16.9 Å². The van der Waals surface area contributed by atoms with Crippen molar-refractivity contribution in [2.75, 3.05) is 5.32 Å². The van der Waals surface area contributed by atoms with Crippen molar-refractivity contribution in [2.24, 2.45) is 0 Å². The number of thiophene rings is 1. The SMILES string of the molecule is N#Cc1c(NC(NC(=O)c2ccccc2F)(C(F)(F)F)C(F)(F)F)sc2c1CCCC2. The fraction of sp³-hybridized carbons (Fsp3) is 0.368. The highest BCUT2D eigenvalue weighted by molar-refractivity contribution is 7.16. The van der Waals surface area contributed by atoms with Crippen LogP contribution in [0.2, 0.25) is 0 Å². The number of benzene rings is 1. The summed E-state index contributed by atoms with van der Waals surface area (Å²) in [5, 5.41) is 11.0. The molecule has 4 nitrogen and oxygen atoms in total. The lowest BCUT2D eigenvalue weighted by atomic mass is 9.96. The van der Waals surface area contributed by atoms with Gasteiger partial charge in [-0.25, -0.2) is 4.39 Å². The zero-order valence-electron chi connectivity index (χ0n) is 15.5. The smallest absolute Gasteiger partial charge is 0.338 e. The summed E-state index contributed by atoms with van der Waals surface area (Å²) in [7, 11) is 0. The van der Waals surface area contributed by atoms with E-state index in [4.69, 9.17) is 0 Å². The Balaban J connectivity index is 2.12. The molecule has 2 aromatic rings. The Morgan fingerprint density at radius 3 is 2.23 bits per heavy atom. The van der Waals surface area contributed by atoms with Crippen LogP contribution in [-0.2, 0) is 12.8 Å². The fourth-order valence-corrected chi connectivity index (χ4v) is 4.60. The number of nitriles is 1. The van der Waals surface area contributed by atoms with Crippen LogP contribution in [0, 0.1) is 17.1 Å². The van der Waals surface area contributed by atoms with Crippen LogP contribution < -0.4 is 10.6 Å². The van der Waals surface area contributed by atoms with Gasteiger partial charge < -0.3 is 10.6 Å². The Bertz CT molecular complexity index is 1020. The number of hydrogen-bond donors (Lipinski definition) is 2. The number of nitrogens with one attached hydrogen (secondary N) is 2. The number of hydrogen-bond acceptors (Lipinski definition) is 4. The summed E-state index contributed by atoms with van der Waals surface area (Å²) >= 11 is 0.613. The Kier molecular flexibility index (Phi) is 5.92. The second-order valence-corrected chi connectivity index (χ2v) is 7.94. The largest absolute Gasteiger partial charge is 0.439 e. The van der Waals surface area contributed by atoms with Crippen LogP contribution in [0.5, 0.6) is 0 Å². The van der Waals surface area contributed by atoms with E-state index in [0.717, 1.165) is 29.6 Å². The molecule has 1 aromatic heterocycles. The topological polar surface area (TPSA) is 64.9 Å². The standard InChI is InChI=1S/C19H14F7N3OS/c20-13-7-3-1-6-11(13)15(30)28-17(18(21,22)23,19(24,25)26)29-16-12(9-27)10-5-2-4-8-14(10)31-16/h1,3,6-7,29H,2,4-5,8H2,(H,28,30). The van der Waals surface area contributed by atoms with Gasteiger partial charge in [0, 0.05) is 4.88 Å². The summed E-state index contributed by atoms with van der Waals surface area (Å²) in [6.07, 6.45) is -10.1. The third-order valence-electron chi connectivity index (χ3n) is 4.85. The molecule has 0 bridgehead atoms. The van der Waals surface area contributed by atoms with Crippen molar-refractivity contribution in [2.45, 2.75) is 43.7 Å². The van der Waals surface area contributed by atoms with E-state index in [1.807, 2.05) is 0 Å². The van der Waals surface area contributed by atoms with Crippen LogP contribution >= 0.6 is 11.3 Å². The molecule has 31 heavy (non-hydrogen) atoms. The molecular formula is C19H14F7N3OS. The monoisotopic (exact) mass is 465 g/mol. The number of nitrogens with zero attached hydrogens (tertiary/aromatic N) is 1. The summed E-state index contributed by atoms with van der Waals surface area (Å²) in [4.78, 5) is 12.8. The summed E-state index contributed by atoms with van der Waals surface area (Å²) < 4.78 is 97.1. The second-order valence-electron chi connectivity index (χ2n) is 6.83. The lowest BCUT2D eigenvalue weighted by Crippen LogP contribution is -2.72. The van der Waals surface area contributed by atoms with Crippen LogP contribution in [0.25, 0.3) is 0 Å². The third kappa shape index (κ3) is 4.06. The van der Waals surface area contributed by atoms with Crippen molar-refractivity contribution in [3.05, 3.63) is 51.7 Å². The van der Waals surface area contributed by atoms with Crippen molar-refractivity contribution in [3.8, 4) is 6.07 Å². The van der Waals surface area contributed by atoms with Crippen LogP contribution in [0.4, 0.5) is 35.7 Å². The Morgan fingerprint density at radius 1 is 1.03 bits per heavy atom.